The van der Waals surface area contributed by atoms with E-state index >= 15 is 18.4 Å². The number of Topliss-reactive ketones (excluding diaryl/α,β-unsaturated/α-hetero) is 1. The zero-order valence-corrected chi connectivity index (χ0v) is 81.9. The molecule has 33 nitrogen and oxygen atoms in total. The van der Waals surface area contributed by atoms with Gasteiger partial charge in [-0.1, -0.05) is 42.0 Å². The molecule has 766 valence electrons. The Hall–Kier alpha value is -12.4. The van der Waals surface area contributed by atoms with E-state index in [1.54, 1.807) is 27.7 Å². The molecule has 37 heteroatoms. The number of ketones is 1. The van der Waals surface area contributed by atoms with Gasteiger partial charge in [0.2, 0.25) is 29.5 Å². The average Bonchev–Trinajstić information content (AvgIpc) is 1.55. The third kappa shape index (κ3) is 27.8. The van der Waals surface area contributed by atoms with Crippen LogP contribution in [0.15, 0.2) is 72.8 Å². The number of nitrogens with two attached hydrogens (primary N) is 2. The number of benzene rings is 4. The molecular weight excluding hydrogens is 1820 g/mol. The second kappa shape index (κ2) is 46.8. The first kappa shape index (κ1) is 91.4. The van der Waals surface area contributed by atoms with Crippen LogP contribution in [0.4, 0.5) is 27.2 Å². The van der Waals surface area contributed by atoms with Crippen molar-refractivity contribution in [3.8, 4) is 22.8 Å². The van der Waals surface area contributed by atoms with E-state index in [9.17, 15) is 72.5 Å². The van der Waals surface area contributed by atoms with Crippen LogP contribution in [-0.2, 0) is 111 Å². The number of carbonyl (C=O) groups excluding carboxylic acids is 13. The summed E-state index contributed by atoms with van der Waals surface area (Å²) >= 11 is 0. The quantitative estimate of drug-likeness (QED) is 0.0125. The minimum absolute atomic E-state index is 0. The lowest BCUT2D eigenvalue weighted by Gasteiger charge is -2.31. The van der Waals surface area contributed by atoms with Gasteiger partial charge in [-0.15, -0.1) is 0 Å². The topological polar surface area (TPSA) is 433 Å². The van der Waals surface area contributed by atoms with Crippen LogP contribution < -0.4 is 16.8 Å². The molecule has 0 aliphatic carbocycles. The van der Waals surface area contributed by atoms with Crippen molar-refractivity contribution in [3.05, 3.63) is 118 Å². The van der Waals surface area contributed by atoms with Crippen LogP contribution >= 0.6 is 0 Å². The first-order valence-corrected chi connectivity index (χ1v) is 46.4. The Morgan fingerprint density at radius 3 is 0.971 bits per heavy atom. The Balaban J connectivity index is 0.000000338. The number of ether oxygens (including phenoxy) is 7. The molecule has 12 rings (SSSR count). The van der Waals surface area contributed by atoms with Crippen LogP contribution in [0.25, 0.3) is 66.4 Å². The number of aromatic nitrogens is 4. The fraction of sp³-hybridized carbons (Fsp3) is 0.563. The largest absolute Gasteiger partial charge is 0.461 e. The van der Waals surface area contributed by atoms with Crippen molar-refractivity contribution < 1.29 is 132 Å². The first-order chi connectivity index (χ1) is 70.6. The number of aromatic amines is 4. The van der Waals surface area contributed by atoms with E-state index in [4.69, 9.17) is 52.8 Å². The predicted octanol–water partition coefficient (Wildman–Crippen LogP) is 14.7. The van der Waals surface area contributed by atoms with Crippen LogP contribution in [0.2, 0.25) is 0 Å². The molecule has 14 atom stereocenters. The number of hydrogen-bond acceptors (Lipinski definition) is 22. The molecule has 140 heavy (non-hydrogen) atoms. The first-order valence-electron chi connectivity index (χ1n) is 53.4. The minimum atomic E-state index is -3.21. The summed E-state index contributed by atoms with van der Waals surface area (Å²) in [6.07, 6.45) is -18.6. The number of fused-ring (bicyclic) bond motifs is 4. The highest BCUT2D eigenvalue weighted by atomic mass is 19.1. The van der Waals surface area contributed by atoms with E-state index in [2.05, 4.69) is 25.3 Å². The Kier molecular flexibility index (Phi) is 30.5. The maximum absolute atomic E-state index is 15.4. The number of halogens is 4. The Bertz CT molecular complexity index is 6170. The van der Waals surface area contributed by atoms with Gasteiger partial charge in [-0.05, 0) is 222 Å². The van der Waals surface area contributed by atoms with Gasteiger partial charge in [-0.3, -0.25) is 57.6 Å². The van der Waals surface area contributed by atoms with Crippen molar-refractivity contribution in [1.82, 2.24) is 54.7 Å². The summed E-state index contributed by atoms with van der Waals surface area (Å²) in [5.41, 5.74) is 8.38. The molecule has 4 aliphatic rings. The summed E-state index contributed by atoms with van der Waals surface area (Å²) in [4.78, 5) is 189. The average molecular weight is 1970 g/mol. The Morgan fingerprint density at radius 2 is 0.721 bits per heavy atom. The lowest BCUT2D eigenvalue weighted by Crippen LogP contribution is -2.55. The number of H-pyrrole nitrogens is 4. The normalized spacial score (nSPS) is 21.5. The summed E-state index contributed by atoms with van der Waals surface area (Å²) < 4.78 is 227. The third-order valence-electron chi connectivity index (χ3n) is 23.6. The van der Waals surface area contributed by atoms with Crippen molar-refractivity contribution >= 4 is 121 Å². The molecule has 0 saturated carbocycles. The summed E-state index contributed by atoms with van der Waals surface area (Å²) in [5.74, 6) is -12.1. The zero-order chi connectivity index (χ0) is 115. The zero-order valence-electron chi connectivity index (χ0n) is 95.9. The van der Waals surface area contributed by atoms with Crippen molar-refractivity contribution in [2.75, 3.05) is 40.1 Å². The lowest BCUT2D eigenvalue weighted by atomic mass is 9.93. The maximum atomic E-state index is 15.4. The highest BCUT2D eigenvalue weighted by molar-refractivity contribution is 6.00. The summed E-state index contributed by atoms with van der Waals surface area (Å²) in [5, 5.41) is 2.88. The number of carbonyl (C=O) groups is 13. The molecule has 7 amide bonds. The van der Waals surface area contributed by atoms with Gasteiger partial charge in [0, 0.05) is 173 Å². The molecule has 0 spiro atoms. The molecule has 8 heterocycles. The number of likely N-dealkylation sites (tertiary alicyclic amines) is 4. The van der Waals surface area contributed by atoms with Crippen molar-refractivity contribution in [1.29, 1.82) is 0 Å². The summed E-state index contributed by atoms with van der Waals surface area (Å²) in [6, 6.07) is 1.11. The molecule has 4 aliphatic heterocycles. The van der Waals surface area contributed by atoms with Gasteiger partial charge in [0.1, 0.15) is 76.6 Å². The number of hydrogen-bond donors (Lipinski definition) is 7. The van der Waals surface area contributed by atoms with Crippen molar-refractivity contribution in [3.63, 3.8) is 0 Å². The van der Waals surface area contributed by atoms with Crippen LogP contribution in [-0.4, -0.2) is 262 Å². The number of nitrogens with one attached hydrogen (secondary N) is 5. The second-order valence-corrected chi connectivity index (χ2v) is 38.0. The van der Waals surface area contributed by atoms with Gasteiger partial charge < -0.3 is 94.4 Å². The van der Waals surface area contributed by atoms with Crippen LogP contribution in [0, 0.1) is 29.2 Å². The monoisotopic (exact) mass is 1970 g/mol. The molecule has 0 bridgehead atoms. The number of likely N-dealkylation sites (N-methyl/N-ethyl adjacent to an activating group) is 2. The number of nitrogens with zero attached hydrogens (tertiary/aromatic N) is 6. The molecule has 4 aromatic carbocycles. The molecule has 4 aromatic heterocycles. The number of esters is 5. The van der Waals surface area contributed by atoms with Gasteiger partial charge in [0.25, 0.3) is 0 Å². The van der Waals surface area contributed by atoms with Gasteiger partial charge in [0.15, 0.2) is 5.78 Å². The van der Waals surface area contributed by atoms with E-state index in [0.717, 1.165) is 79.1 Å². The predicted molar refractivity (Wildman–Crippen MR) is 520 cm³/mol. The fourth-order valence-corrected chi connectivity index (χ4v) is 17.0. The lowest BCUT2D eigenvalue weighted by molar-refractivity contribution is -0.154. The molecule has 0 radical (unpaired) electrons. The summed E-state index contributed by atoms with van der Waals surface area (Å²) in [6.45, 7) is 22.1. The maximum Gasteiger partial charge on any atom is 0.410 e. The molecular formula is C103H141F4N13O20. The second-order valence-electron chi connectivity index (χ2n) is 38.0. The van der Waals surface area contributed by atoms with Crippen LogP contribution in [0.3, 0.4) is 0 Å². The molecule has 8 aromatic rings. The van der Waals surface area contributed by atoms with E-state index in [-0.39, 0.29) is 171 Å². The Morgan fingerprint density at radius 1 is 0.436 bits per heavy atom. The van der Waals surface area contributed by atoms with Crippen LogP contribution in [0.1, 0.15) is 252 Å². The van der Waals surface area contributed by atoms with E-state index in [1.807, 2.05) is 20.8 Å². The van der Waals surface area contributed by atoms with Crippen LogP contribution in [0.5, 0.6) is 0 Å². The highest BCUT2D eigenvalue weighted by Crippen LogP contribution is 2.44. The molecule has 4 fully saturated rings. The fourth-order valence-electron chi connectivity index (χ4n) is 17.0. The minimum Gasteiger partial charge on any atom is -0.461 e. The number of rotatable bonds is 30. The molecule has 9 N–H and O–H groups in total. The standard InChI is InChI=1S/C57H77F2N7O12.C38H46F2N6O6.C7H14O2.CH4/c1-15-34(21-48(69)30(3)63(13)54(73)77-56(7,8)9)52(71)65-28-39(75-32(5)67)24-37(65)26-43-41-19-17-35(58)22-46(41)60-49(43)50-44(42-20-18-36(59)23-47(42)61-50)27-38-25-40(76-33(6)68)29-66(38)53(72)45(16-2)62-51(70)31(4)64(14)55(74)78-57(10,11)12;1-5-31(41)37(49)45-17-25(51-19(3)47)13-23(45)15-29-27-9-7-21(39)11-33(27)43-35(29)36-30(28-10-8-22(40)12-34(28)44-36)16-24-14-26(52-20(4)48)18-46(24)38(50)32(42)6-2;1-5-6(8)9-7(2,3)4;/h17-20,22-23,30-31,34,37-40,45,60-61H,15-16,21,24-29H2,1-14H3,(H,62,70);7-12,23-26,31-32,43-44H,5-6,13-18,41-42H2,1-4H3;5H2,1-4H3;1H4/t30-,31-,34+,37-,38-,39-,40-,45-;23-,24-,25-,26-,31-,32-;;/m00../s1/i13D3,14D3,26D2,27D2;15D2,16D2;;. The van der Waals surface area contributed by atoms with Gasteiger partial charge in [-0.25, -0.2) is 27.2 Å². The van der Waals surface area contributed by atoms with Gasteiger partial charge in [-0.2, -0.15) is 0 Å². The molecule has 4 saturated heterocycles. The Labute approximate surface area is 834 Å². The van der Waals surface area contributed by atoms with E-state index in [1.165, 1.54) is 103 Å². The number of amides is 7. The van der Waals surface area contributed by atoms with Crippen molar-refractivity contribution in [2.24, 2.45) is 17.4 Å². The summed E-state index contributed by atoms with van der Waals surface area (Å²) in [7, 11) is 0. The third-order valence-corrected chi connectivity index (χ3v) is 23.6. The van der Waals surface area contributed by atoms with E-state index in [0.29, 0.717) is 11.3 Å². The van der Waals surface area contributed by atoms with Gasteiger partial charge >= 0.3 is 42.0 Å². The van der Waals surface area contributed by atoms with Gasteiger partial charge in [0.05, 0.1) is 67.1 Å². The highest BCUT2D eigenvalue weighted by Gasteiger charge is 2.47. The van der Waals surface area contributed by atoms with Crippen molar-refractivity contribution in [2.45, 2.75) is 331 Å². The van der Waals surface area contributed by atoms with E-state index < -0.39 is 256 Å². The SMILES string of the molecule is C.CCC(=O)OC(C)(C)C.[2H]C([2H])(c1c(-c2[nH]c3cc(F)ccc3c2C([2H])([2H])[C@@H]2C[C@H](OC(C)=O)CN2C(=O)[C@@H](N)CC)[nH]c2cc(F)ccc12)[C@@H]1C[C@H](OC(C)=O)CN1C(=O)[C@@H](N)CC.[2H]C([2H])(c1c(-c2[nH]c3cc(F)ccc3c2C([2H])([2H])[C@@H]2C[C@H](OC(C)=O)CN2C(=O)[C@H](CC)NC(=O)[C@H](C)N(C(=O)OC(C)(C)C)C([2H])([2H])[2H])[nH]c2cc(F)ccc12)[C@@H]1C[C@H](OC(C)=O)CN1C(=O)[C@H](CC)CC(=O)[C@H](C)N(C(=O)OC(C)(C)C)C([2H])([2H])[2H]. The molecule has 0 unspecified atom stereocenters. The smallest absolute Gasteiger partial charge is 0.410 e.